The summed E-state index contributed by atoms with van der Waals surface area (Å²) < 4.78 is 0. The van der Waals surface area contributed by atoms with Crippen LogP contribution in [-0.4, -0.2) is 99.1 Å². The minimum Gasteiger partial charge on any atom is -0.304 e. The molecule has 0 radical (unpaired) electrons. The van der Waals surface area contributed by atoms with E-state index in [0.717, 1.165) is 39.3 Å². The monoisotopic (exact) mass is 314 g/mol. The molecule has 0 saturated carbocycles. The van der Waals surface area contributed by atoms with Crippen molar-refractivity contribution in [2.75, 3.05) is 67.5 Å². The van der Waals surface area contributed by atoms with Gasteiger partial charge in [0.15, 0.2) is 0 Å². The van der Waals surface area contributed by atoms with Crippen LogP contribution in [0.4, 0.5) is 0 Å². The molecule has 22 heavy (non-hydrogen) atoms. The number of hydrogen-bond acceptors (Lipinski definition) is 4. The summed E-state index contributed by atoms with van der Waals surface area (Å²) in [5.74, 6) is 0. The van der Waals surface area contributed by atoms with Crippen LogP contribution >= 0.6 is 0 Å². The van der Waals surface area contributed by atoms with Gasteiger partial charge in [0, 0.05) is 51.4 Å². The van der Waals surface area contributed by atoms with Gasteiger partial charge >= 0.3 is 0 Å². The van der Waals surface area contributed by atoms with Crippen LogP contribution < -0.4 is 0 Å². The summed E-state index contributed by atoms with van der Waals surface area (Å²) >= 11 is 0. The molecule has 0 fully saturated rings. The van der Waals surface area contributed by atoms with E-state index in [1.165, 1.54) is 12.8 Å². The summed E-state index contributed by atoms with van der Waals surface area (Å²) in [6.45, 7) is 16.1. The number of hydrogen-bond donors (Lipinski definition) is 0. The predicted molar refractivity (Wildman–Crippen MR) is 99.8 cm³/mol. The van der Waals surface area contributed by atoms with Gasteiger partial charge in [-0.05, 0) is 54.9 Å². The highest BCUT2D eigenvalue weighted by Gasteiger charge is 2.10. The van der Waals surface area contributed by atoms with Gasteiger partial charge in [0.25, 0.3) is 0 Å². The third kappa shape index (κ3) is 9.78. The van der Waals surface area contributed by atoms with Crippen LogP contribution in [0.2, 0.25) is 0 Å². The maximum Gasteiger partial charge on any atom is 0.0109 e. The van der Waals surface area contributed by atoms with Crippen LogP contribution in [0.25, 0.3) is 0 Å². The number of nitrogens with zero attached hydrogens (tertiary/aromatic N) is 4. The molecular weight excluding hydrogens is 272 g/mol. The Morgan fingerprint density at radius 2 is 0.818 bits per heavy atom. The normalized spacial score (nSPS) is 15.3. The zero-order chi connectivity index (χ0) is 17.1. The van der Waals surface area contributed by atoms with Gasteiger partial charge in [0.1, 0.15) is 0 Å². The Bertz CT molecular complexity index is 233. The van der Waals surface area contributed by atoms with E-state index in [-0.39, 0.29) is 0 Å². The smallest absolute Gasteiger partial charge is 0.0109 e. The lowest BCUT2D eigenvalue weighted by molar-refractivity contribution is 0.182. The van der Waals surface area contributed by atoms with Crippen molar-refractivity contribution in [1.29, 1.82) is 0 Å². The van der Waals surface area contributed by atoms with Crippen molar-refractivity contribution >= 4 is 0 Å². The predicted octanol–water partition coefficient (Wildman–Crippen LogP) is 2.31. The van der Waals surface area contributed by atoms with Gasteiger partial charge in [-0.3, -0.25) is 0 Å². The summed E-state index contributed by atoms with van der Waals surface area (Å²) in [6.07, 6.45) is 2.46. The van der Waals surface area contributed by atoms with Gasteiger partial charge in [-0.25, -0.2) is 0 Å². The van der Waals surface area contributed by atoms with E-state index in [1.54, 1.807) is 0 Å². The maximum atomic E-state index is 2.46. The molecule has 0 aliphatic rings. The Balaban J connectivity index is 3.78. The van der Waals surface area contributed by atoms with Crippen LogP contribution in [-0.2, 0) is 0 Å². The Labute approximate surface area is 140 Å². The molecule has 0 bridgehead atoms. The Hall–Kier alpha value is -0.160. The summed E-state index contributed by atoms with van der Waals surface area (Å²) in [5, 5.41) is 0. The zero-order valence-corrected chi connectivity index (χ0v) is 16.6. The lowest BCUT2D eigenvalue weighted by Crippen LogP contribution is -2.40. The molecule has 0 aliphatic carbocycles. The second-order valence-corrected chi connectivity index (χ2v) is 7.08. The molecule has 134 valence electrons. The van der Waals surface area contributed by atoms with Gasteiger partial charge in [-0.15, -0.1) is 0 Å². The lowest BCUT2D eigenvalue weighted by Gasteiger charge is -2.29. The molecule has 0 aromatic carbocycles. The highest BCUT2D eigenvalue weighted by Crippen LogP contribution is 2.01. The van der Waals surface area contributed by atoms with Crippen LogP contribution in [0.1, 0.15) is 40.5 Å². The van der Waals surface area contributed by atoms with E-state index in [2.05, 4.69) is 75.5 Å². The van der Waals surface area contributed by atoms with Crippen molar-refractivity contribution in [1.82, 2.24) is 19.6 Å². The van der Waals surface area contributed by atoms with Crippen LogP contribution in [0.15, 0.2) is 0 Å². The summed E-state index contributed by atoms with van der Waals surface area (Å²) in [4.78, 5) is 9.82. The van der Waals surface area contributed by atoms with E-state index < -0.39 is 0 Å². The SMILES string of the molecule is CCC(C)N(C)CCN(C)CCN(C)CCN(C)C(C)CC. The van der Waals surface area contributed by atoms with Gasteiger partial charge in [0.2, 0.25) is 0 Å². The first-order valence-electron chi connectivity index (χ1n) is 9.09. The molecule has 4 nitrogen and oxygen atoms in total. The van der Waals surface area contributed by atoms with Gasteiger partial charge in [0.05, 0.1) is 0 Å². The van der Waals surface area contributed by atoms with E-state index >= 15 is 0 Å². The molecule has 0 aliphatic heterocycles. The second kappa shape index (κ2) is 12.3. The first-order valence-corrected chi connectivity index (χ1v) is 9.09. The van der Waals surface area contributed by atoms with E-state index in [9.17, 15) is 0 Å². The van der Waals surface area contributed by atoms with Crippen LogP contribution in [0.3, 0.4) is 0 Å². The van der Waals surface area contributed by atoms with Crippen molar-refractivity contribution in [3.63, 3.8) is 0 Å². The highest BCUT2D eigenvalue weighted by molar-refractivity contribution is 4.66. The largest absolute Gasteiger partial charge is 0.304 e. The molecule has 0 saturated heterocycles. The Kier molecular flexibility index (Phi) is 12.2. The van der Waals surface area contributed by atoms with Crippen molar-refractivity contribution in [3.05, 3.63) is 0 Å². The van der Waals surface area contributed by atoms with E-state index in [4.69, 9.17) is 0 Å². The summed E-state index contributed by atoms with van der Waals surface area (Å²) in [5.41, 5.74) is 0. The van der Waals surface area contributed by atoms with Crippen LogP contribution in [0, 0.1) is 0 Å². The molecule has 0 rings (SSSR count). The van der Waals surface area contributed by atoms with Crippen molar-refractivity contribution in [3.8, 4) is 0 Å². The number of likely N-dealkylation sites (N-methyl/N-ethyl adjacent to an activating group) is 4. The first-order chi connectivity index (χ1) is 10.3. The fourth-order valence-electron chi connectivity index (χ4n) is 2.29. The molecule has 2 unspecified atom stereocenters. The van der Waals surface area contributed by atoms with Crippen molar-refractivity contribution in [2.45, 2.75) is 52.6 Å². The number of rotatable bonds is 13. The van der Waals surface area contributed by atoms with E-state index in [1.807, 2.05) is 0 Å². The average Bonchev–Trinajstić information content (AvgIpc) is 2.53. The molecule has 0 N–H and O–H groups in total. The Morgan fingerprint density at radius 3 is 1.09 bits per heavy atom. The average molecular weight is 315 g/mol. The standard InChI is InChI=1S/C18H42N4/c1-9-17(3)21(7)15-13-19(5)11-12-20(6)14-16-22(8)18(4)10-2/h17-18H,9-16H2,1-8H3. The third-order valence-electron chi connectivity index (χ3n) is 5.22. The third-order valence-corrected chi connectivity index (χ3v) is 5.22. The minimum atomic E-state index is 0.687. The summed E-state index contributed by atoms with van der Waals surface area (Å²) in [7, 11) is 8.95. The quantitative estimate of drug-likeness (QED) is 0.517. The molecule has 0 heterocycles. The van der Waals surface area contributed by atoms with Crippen molar-refractivity contribution < 1.29 is 0 Å². The molecule has 0 amide bonds. The van der Waals surface area contributed by atoms with Gasteiger partial charge in [-0.1, -0.05) is 13.8 Å². The zero-order valence-electron chi connectivity index (χ0n) is 16.6. The second-order valence-electron chi connectivity index (χ2n) is 7.08. The summed E-state index contributed by atoms with van der Waals surface area (Å²) in [6, 6.07) is 1.37. The minimum absolute atomic E-state index is 0.687. The van der Waals surface area contributed by atoms with Gasteiger partial charge < -0.3 is 19.6 Å². The lowest BCUT2D eigenvalue weighted by atomic mass is 10.2. The molecule has 0 aromatic heterocycles. The highest BCUT2D eigenvalue weighted by atomic mass is 15.2. The molecule has 0 aromatic rings. The first kappa shape index (κ1) is 21.8. The molecule has 0 spiro atoms. The topological polar surface area (TPSA) is 13.0 Å². The van der Waals surface area contributed by atoms with Crippen molar-refractivity contribution in [2.24, 2.45) is 0 Å². The Morgan fingerprint density at radius 1 is 0.545 bits per heavy atom. The van der Waals surface area contributed by atoms with Crippen LogP contribution in [0.5, 0.6) is 0 Å². The molecule has 2 atom stereocenters. The van der Waals surface area contributed by atoms with Gasteiger partial charge in [-0.2, -0.15) is 0 Å². The fourth-order valence-corrected chi connectivity index (χ4v) is 2.29. The maximum absolute atomic E-state index is 2.46. The molecule has 4 heteroatoms. The van der Waals surface area contributed by atoms with E-state index in [0.29, 0.717) is 12.1 Å². The fraction of sp³-hybridized carbons (Fsp3) is 1.00. The molecular formula is C18H42N4.